The van der Waals surface area contributed by atoms with Gasteiger partial charge in [-0.2, -0.15) is 0 Å². The van der Waals surface area contributed by atoms with E-state index in [4.69, 9.17) is 18.9 Å². The Morgan fingerprint density at radius 1 is 0.643 bits per heavy atom. The Labute approximate surface area is 158 Å². The van der Waals surface area contributed by atoms with Crippen LogP contribution in [0.5, 0.6) is 0 Å². The Morgan fingerprint density at radius 2 is 1.18 bits per heavy atom. The SMILES string of the molecule is O[C@H]1[C@H](O)COC(O[C@@H]2OC[C@@H](O)[C@@](O)(C3OC[C@@H](O)[C@H](O)[C@H]3O)[C@H]2O)[C@@H]1O. The summed E-state index contributed by atoms with van der Waals surface area (Å²) in [7, 11) is 0. The van der Waals surface area contributed by atoms with Gasteiger partial charge in [0.05, 0.1) is 19.8 Å². The van der Waals surface area contributed by atoms with Gasteiger partial charge in [-0.15, -0.1) is 0 Å². The van der Waals surface area contributed by atoms with Gasteiger partial charge in [0, 0.05) is 0 Å². The van der Waals surface area contributed by atoms with E-state index >= 15 is 0 Å². The fourth-order valence-electron chi connectivity index (χ4n) is 3.54. The van der Waals surface area contributed by atoms with Gasteiger partial charge in [-0.3, -0.25) is 0 Å². The van der Waals surface area contributed by atoms with Crippen LogP contribution in [0.15, 0.2) is 0 Å². The second-order valence-electron chi connectivity index (χ2n) is 7.24. The average molecular weight is 414 g/mol. The molecule has 2 unspecified atom stereocenters. The number of aliphatic hydroxyl groups is 9. The Bertz CT molecular complexity index is 536. The van der Waals surface area contributed by atoms with Crippen LogP contribution in [0.3, 0.4) is 0 Å². The minimum Gasteiger partial charge on any atom is -0.388 e. The standard InChI is InChI=1S/C15H26O13/c16-4-1-25-12(9(21)7(4)19)15(24)6(18)3-27-14(11(15)23)28-13-10(22)8(20)5(17)2-26-13/h4-14,16-24H,1-3H2/t4-,5-,6-,7+,8+,9-,10-,11+,12?,13?,14+,15+/m1/s1. The zero-order valence-corrected chi connectivity index (χ0v) is 14.6. The molecule has 0 aromatic heterocycles. The lowest BCUT2D eigenvalue weighted by atomic mass is 9.77. The first kappa shape index (κ1) is 22.2. The number of rotatable bonds is 3. The van der Waals surface area contributed by atoms with Crippen molar-refractivity contribution >= 4 is 0 Å². The molecule has 3 heterocycles. The van der Waals surface area contributed by atoms with E-state index in [2.05, 4.69) is 0 Å². The molecule has 28 heavy (non-hydrogen) atoms. The normalized spacial score (nSPS) is 55.8. The highest BCUT2D eigenvalue weighted by Gasteiger charge is 2.61. The summed E-state index contributed by atoms with van der Waals surface area (Å²) in [6.45, 7) is -1.45. The minimum atomic E-state index is -2.58. The van der Waals surface area contributed by atoms with Crippen LogP contribution in [0, 0.1) is 0 Å². The molecule has 3 saturated heterocycles. The molecule has 0 amide bonds. The molecule has 12 atom stereocenters. The fourth-order valence-corrected chi connectivity index (χ4v) is 3.54. The molecule has 3 fully saturated rings. The molecule has 0 radical (unpaired) electrons. The van der Waals surface area contributed by atoms with Crippen LogP contribution in [-0.2, 0) is 18.9 Å². The monoisotopic (exact) mass is 414 g/mol. The number of ether oxygens (including phenoxy) is 4. The van der Waals surface area contributed by atoms with Gasteiger partial charge in [0.1, 0.15) is 54.9 Å². The summed E-state index contributed by atoms with van der Waals surface area (Å²) in [6.07, 6.45) is -18.4. The molecular weight excluding hydrogens is 388 g/mol. The van der Waals surface area contributed by atoms with Gasteiger partial charge >= 0.3 is 0 Å². The molecule has 0 bridgehead atoms. The lowest BCUT2D eigenvalue weighted by Gasteiger charge is -2.51. The van der Waals surface area contributed by atoms with E-state index < -0.39 is 86.3 Å². The van der Waals surface area contributed by atoms with Gasteiger partial charge in [-0.25, -0.2) is 0 Å². The Morgan fingerprint density at radius 3 is 1.82 bits per heavy atom. The predicted molar refractivity (Wildman–Crippen MR) is 83.3 cm³/mol. The quantitative estimate of drug-likeness (QED) is 0.210. The Kier molecular flexibility index (Phi) is 6.58. The van der Waals surface area contributed by atoms with Crippen molar-refractivity contribution in [2.75, 3.05) is 19.8 Å². The van der Waals surface area contributed by atoms with E-state index in [1.165, 1.54) is 0 Å². The molecule has 164 valence electrons. The van der Waals surface area contributed by atoms with Crippen molar-refractivity contribution < 1.29 is 64.9 Å². The van der Waals surface area contributed by atoms with E-state index in [1.807, 2.05) is 0 Å². The fraction of sp³-hybridized carbons (Fsp3) is 1.00. The van der Waals surface area contributed by atoms with Crippen LogP contribution < -0.4 is 0 Å². The van der Waals surface area contributed by atoms with Crippen molar-refractivity contribution in [1.29, 1.82) is 0 Å². The van der Waals surface area contributed by atoms with Gasteiger partial charge in [0.2, 0.25) is 0 Å². The van der Waals surface area contributed by atoms with E-state index in [-0.39, 0.29) is 6.61 Å². The summed E-state index contributed by atoms with van der Waals surface area (Å²) >= 11 is 0. The van der Waals surface area contributed by atoms with Crippen LogP contribution in [0.2, 0.25) is 0 Å². The van der Waals surface area contributed by atoms with Crippen molar-refractivity contribution in [3.8, 4) is 0 Å². The molecule has 0 aromatic rings. The second-order valence-corrected chi connectivity index (χ2v) is 7.24. The molecule has 13 nitrogen and oxygen atoms in total. The Hall–Kier alpha value is -0.520. The molecular formula is C15H26O13. The van der Waals surface area contributed by atoms with E-state index in [9.17, 15) is 46.0 Å². The van der Waals surface area contributed by atoms with Gasteiger partial charge in [-0.05, 0) is 0 Å². The third-order valence-electron chi connectivity index (χ3n) is 5.36. The zero-order chi connectivity index (χ0) is 20.8. The van der Waals surface area contributed by atoms with Crippen LogP contribution in [0.4, 0.5) is 0 Å². The molecule has 3 aliphatic rings. The van der Waals surface area contributed by atoms with Crippen LogP contribution in [-0.4, -0.2) is 139 Å². The number of hydrogen-bond acceptors (Lipinski definition) is 13. The lowest BCUT2D eigenvalue weighted by Crippen LogP contribution is -2.74. The highest BCUT2D eigenvalue weighted by Crippen LogP contribution is 2.36. The van der Waals surface area contributed by atoms with Crippen LogP contribution in [0.25, 0.3) is 0 Å². The molecule has 13 heteroatoms. The first-order chi connectivity index (χ1) is 13.1. The largest absolute Gasteiger partial charge is 0.388 e. The van der Waals surface area contributed by atoms with Crippen molar-refractivity contribution in [3.05, 3.63) is 0 Å². The van der Waals surface area contributed by atoms with Gasteiger partial charge < -0.3 is 64.9 Å². The summed E-state index contributed by atoms with van der Waals surface area (Å²) in [5.74, 6) is 0. The van der Waals surface area contributed by atoms with Crippen molar-refractivity contribution in [2.45, 2.75) is 73.1 Å². The third-order valence-corrected chi connectivity index (χ3v) is 5.36. The lowest BCUT2D eigenvalue weighted by molar-refractivity contribution is -0.382. The van der Waals surface area contributed by atoms with Crippen LogP contribution >= 0.6 is 0 Å². The first-order valence-electron chi connectivity index (χ1n) is 8.76. The molecule has 0 saturated carbocycles. The molecule has 0 spiro atoms. The van der Waals surface area contributed by atoms with Crippen molar-refractivity contribution in [2.24, 2.45) is 0 Å². The molecule has 0 aromatic carbocycles. The maximum atomic E-state index is 10.9. The van der Waals surface area contributed by atoms with Crippen molar-refractivity contribution in [1.82, 2.24) is 0 Å². The predicted octanol–water partition coefficient (Wildman–Crippen LogP) is -6.27. The maximum Gasteiger partial charge on any atom is 0.189 e. The minimum absolute atomic E-state index is 0.382. The first-order valence-corrected chi connectivity index (χ1v) is 8.76. The topological polar surface area (TPSA) is 219 Å². The number of hydrogen-bond donors (Lipinski definition) is 9. The summed E-state index contributed by atoms with van der Waals surface area (Å²) in [5, 5.41) is 90.3. The zero-order valence-electron chi connectivity index (χ0n) is 14.6. The Balaban J connectivity index is 1.76. The van der Waals surface area contributed by atoms with Gasteiger partial charge in [-0.1, -0.05) is 0 Å². The summed E-state index contributed by atoms with van der Waals surface area (Å²) in [4.78, 5) is 0. The van der Waals surface area contributed by atoms with E-state index in [0.717, 1.165) is 0 Å². The summed E-state index contributed by atoms with van der Waals surface area (Å²) in [5.41, 5.74) is -2.58. The number of aliphatic hydroxyl groups excluding tert-OH is 8. The average Bonchev–Trinajstić information content (AvgIpc) is 2.67. The van der Waals surface area contributed by atoms with Crippen molar-refractivity contribution in [3.63, 3.8) is 0 Å². The highest BCUT2D eigenvalue weighted by atomic mass is 16.8. The van der Waals surface area contributed by atoms with E-state index in [0.29, 0.717) is 0 Å². The summed E-state index contributed by atoms with van der Waals surface area (Å²) < 4.78 is 20.6. The van der Waals surface area contributed by atoms with Gasteiger partial charge in [0.15, 0.2) is 18.2 Å². The smallest absolute Gasteiger partial charge is 0.189 e. The van der Waals surface area contributed by atoms with Crippen LogP contribution in [0.1, 0.15) is 0 Å². The molecule has 3 rings (SSSR count). The molecule has 0 aliphatic carbocycles. The van der Waals surface area contributed by atoms with E-state index in [1.54, 1.807) is 0 Å². The summed E-state index contributed by atoms with van der Waals surface area (Å²) in [6, 6.07) is 0. The molecule has 3 aliphatic heterocycles. The third kappa shape index (κ3) is 3.67. The highest BCUT2D eigenvalue weighted by molar-refractivity contribution is 5.09. The molecule has 9 N–H and O–H groups in total. The van der Waals surface area contributed by atoms with Gasteiger partial charge in [0.25, 0.3) is 0 Å². The second kappa shape index (κ2) is 8.31. The maximum absolute atomic E-state index is 10.9.